The average molecular weight is 375 g/mol. The minimum Gasteiger partial charge on any atom is -0.115 e. The lowest BCUT2D eigenvalue weighted by Crippen LogP contribution is -2.17. The van der Waals surface area contributed by atoms with Crippen molar-refractivity contribution < 1.29 is 0 Å². The predicted molar refractivity (Wildman–Crippen MR) is 128 cm³/mol. The molecule has 0 aliphatic carbocycles. The first-order valence-corrected chi connectivity index (χ1v) is 11.8. The Bertz CT molecular complexity index is 1400. The maximum atomic E-state index is 5.83. The summed E-state index contributed by atoms with van der Waals surface area (Å²) in [5, 5.41) is 11.7. The van der Waals surface area contributed by atoms with Crippen molar-refractivity contribution in [3.63, 3.8) is 0 Å². The third-order valence-corrected chi connectivity index (χ3v) is 7.98. The van der Waals surface area contributed by atoms with E-state index >= 15 is 0 Å². The third-order valence-electron chi connectivity index (χ3n) is 5.79. The highest BCUT2D eigenvalue weighted by Gasteiger charge is 2.07. The summed E-state index contributed by atoms with van der Waals surface area (Å²) in [6, 6.07) is 28.3. The van der Waals surface area contributed by atoms with E-state index in [-0.39, 0.29) is 9.52 Å². The summed E-state index contributed by atoms with van der Waals surface area (Å²) in [5.41, 5.74) is 1.10. The molecule has 5 rings (SSSR count). The molecule has 0 unspecified atom stereocenters. The number of hydrogen-bond acceptors (Lipinski definition) is 0. The van der Waals surface area contributed by atoms with Gasteiger partial charge >= 0.3 is 0 Å². The molecule has 0 amide bonds. The van der Waals surface area contributed by atoms with Gasteiger partial charge in [0, 0.05) is 5.56 Å². The van der Waals surface area contributed by atoms with Crippen molar-refractivity contribution in [1.29, 1.82) is 0 Å². The van der Waals surface area contributed by atoms with Gasteiger partial charge in [0.25, 0.3) is 0 Å². The van der Waals surface area contributed by atoms with Gasteiger partial charge in [-0.05, 0) is 85.6 Å². The van der Waals surface area contributed by atoms with Crippen LogP contribution in [0.3, 0.4) is 0 Å². The number of terminal acetylenes is 1. The normalized spacial score (nSPS) is 11.9. The first kappa shape index (κ1) is 17.0. The fourth-order valence-corrected chi connectivity index (χ4v) is 5.82. The van der Waals surface area contributed by atoms with Crippen LogP contribution in [0, 0.1) is 12.3 Å². The van der Waals surface area contributed by atoms with Crippen LogP contribution in [-0.2, 0) is 0 Å². The van der Waals surface area contributed by atoms with Crippen LogP contribution in [0.1, 0.15) is 18.9 Å². The number of hydrogen-bond donors (Lipinski definition) is 0. The van der Waals surface area contributed by atoms with Crippen molar-refractivity contribution in [2.75, 3.05) is 0 Å². The highest BCUT2D eigenvalue weighted by Crippen LogP contribution is 2.30. The summed E-state index contributed by atoms with van der Waals surface area (Å²) in [4.78, 5) is 0. The molecule has 1 heteroatoms. The first-order chi connectivity index (χ1) is 13.7. The second-order valence-electron chi connectivity index (χ2n) is 7.70. The molecular formula is C27H22Si. The van der Waals surface area contributed by atoms with Crippen molar-refractivity contribution in [2.24, 2.45) is 0 Å². The third kappa shape index (κ3) is 2.87. The Balaban J connectivity index is 1.76. The highest BCUT2D eigenvalue weighted by molar-refractivity contribution is 6.54. The summed E-state index contributed by atoms with van der Waals surface area (Å²) >= 11 is 0. The van der Waals surface area contributed by atoms with Gasteiger partial charge < -0.3 is 0 Å². The van der Waals surface area contributed by atoms with Crippen LogP contribution >= 0.6 is 0 Å². The monoisotopic (exact) mass is 374 g/mol. The van der Waals surface area contributed by atoms with Gasteiger partial charge in [0.2, 0.25) is 0 Å². The molecule has 0 spiro atoms. The van der Waals surface area contributed by atoms with Crippen LogP contribution in [0.5, 0.6) is 0 Å². The van der Waals surface area contributed by atoms with Gasteiger partial charge in [-0.25, -0.2) is 0 Å². The Hall–Kier alpha value is -3.08. The van der Waals surface area contributed by atoms with Crippen LogP contribution in [0.2, 0.25) is 6.04 Å². The lowest BCUT2D eigenvalue weighted by atomic mass is 9.97. The van der Waals surface area contributed by atoms with E-state index in [0.29, 0.717) is 0 Å². The zero-order chi connectivity index (χ0) is 19.1. The van der Waals surface area contributed by atoms with Crippen molar-refractivity contribution in [3.8, 4) is 12.3 Å². The molecule has 0 aliphatic rings. The zero-order valence-corrected chi connectivity index (χ0v) is 17.5. The Morgan fingerprint density at radius 3 is 1.64 bits per heavy atom. The van der Waals surface area contributed by atoms with E-state index < -0.39 is 0 Å². The van der Waals surface area contributed by atoms with Gasteiger partial charge in [0.05, 0.1) is 9.52 Å². The molecule has 0 aliphatic heterocycles. The molecule has 0 heterocycles. The fourth-order valence-electron chi connectivity index (χ4n) is 4.25. The molecule has 28 heavy (non-hydrogen) atoms. The number of fused-ring (bicyclic) bond motifs is 4. The van der Waals surface area contributed by atoms with E-state index in [1.165, 1.54) is 60.7 Å². The SMILES string of the molecule is C#Cc1cc2cc3cc4cc5ccccc5cc4cc3cc2cc1[SiH2]CCC. The predicted octanol–water partition coefficient (Wildman–Crippen LogP) is 5.90. The zero-order valence-electron chi connectivity index (χ0n) is 16.1. The molecular weight excluding hydrogens is 352 g/mol. The Kier molecular flexibility index (Phi) is 4.15. The van der Waals surface area contributed by atoms with Gasteiger partial charge in [-0.3, -0.25) is 0 Å². The summed E-state index contributed by atoms with van der Waals surface area (Å²) < 4.78 is 0. The van der Waals surface area contributed by atoms with Crippen molar-refractivity contribution in [3.05, 3.63) is 78.4 Å². The van der Waals surface area contributed by atoms with Crippen LogP contribution in [-0.4, -0.2) is 9.52 Å². The van der Waals surface area contributed by atoms with E-state index in [2.05, 4.69) is 85.6 Å². The lowest BCUT2D eigenvalue weighted by Gasteiger charge is -2.10. The second-order valence-corrected chi connectivity index (χ2v) is 9.67. The maximum Gasteiger partial charge on any atom is 0.0564 e. The molecule has 0 nitrogen and oxygen atoms in total. The average Bonchev–Trinajstić information content (AvgIpc) is 2.72. The van der Waals surface area contributed by atoms with Gasteiger partial charge in [0.15, 0.2) is 0 Å². The Morgan fingerprint density at radius 1 is 0.679 bits per heavy atom. The molecule has 0 aromatic heterocycles. The van der Waals surface area contributed by atoms with Crippen molar-refractivity contribution >= 4 is 57.8 Å². The van der Waals surface area contributed by atoms with E-state index in [1.807, 2.05) is 0 Å². The van der Waals surface area contributed by atoms with E-state index in [9.17, 15) is 0 Å². The van der Waals surface area contributed by atoms with Gasteiger partial charge in [-0.15, -0.1) is 6.42 Å². The minimum atomic E-state index is -0.291. The van der Waals surface area contributed by atoms with E-state index in [1.54, 1.807) is 0 Å². The van der Waals surface area contributed by atoms with Crippen LogP contribution in [0.25, 0.3) is 43.1 Å². The molecule has 0 radical (unpaired) electrons. The summed E-state index contributed by atoms with van der Waals surface area (Å²) in [7, 11) is -0.291. The fraction of sp³-hybridized carbons (Fsp3) is 0.111. The Labute approximate surface area is 168 Å². The topological polar surface area (TPSA) is 0 Å². The maximum absolute atomic E-state index is 5.83. The molecule has 0 N–H and O–H groups in total. The van der Waals surface area contributed by atoms with Gasteiger partial charge in [-0.2, -0.15) is 0 Å². The molecule has 0 fully saturated rings. The molecule has 0 bridgehead atoms. The minimum absolute atomic E-state index is 0.291. The van der Waals surface area contributed by atoms with Gasteiger partial charge in [-0.1, -0.05) is 60.8 Å². The Morgan fingerprint density at radius 2 is 1.14 bits per heavy atom. The van der Waals surface area contributed by atoms with Crippen LogP contribution < -0.4 is 5.19 Å². The molecule has 5 aromatic carbocycles. The molecule has 134 valence electrons. The summed E-state index contributed by atoms with van der Waals surface area (Å²) in [6.07, 6.45) is 7.07. The van der Waals surface area contributed by atoms with Crippen molar-refractivity contribution in [2.45, 2.75) is 19.4 Å². The standard InChI is InChI=1S/C27H22Si/c1-3-9-28-27-17-26-16-25-15-23-12-20-8-6-5-7-19(20)11-22(23)14-24(25)13-21(26)10-18(27)4-2/h2,5-8,10-17H,3,9,28H2,1H3. The summed E-state index contributed by atoms with van der Waals surface area (Å²) in [6.45, 7) is 2.26. The van der Waals surface area contributed by atoms with E-state index in [0.717, 1.165) is 5.56 Å². The largest absolute Gasteiger partial charge is 0.115 e. The second kappa shape index (κ2) is 6.82. The number of benzene rings is 5. The molecule has 5 aromatic rings. The smallest absolute Gasteiger partial charge is 0.0564 e. The van der Waals surface area contributed by atoms with Crippen LogP contribution in [0.15, 0.2) is 72.8 Å². The van der Waals surface area contributed by atoms with Crippen LogP contribution in [0.4, 0.5) is 0 Å². The first-order valence-electron chi connectivity index (χ1n) is 10.0. The molecule has 0 atom stereocenters. The number of rotatable bonds is 3. The highest BCUT2D eigenvalue weighted by atomic mass is 28.2. The molecule has 0 saturated heterocycles. The molecule has 0 saturated carbocycles. The lowest BCUT2D eigenvalue weighted by molar-refractivity contribution is 1.08. The summed E-state index contributed by atoms with van der Waals surface area (Å²) in [5.74, 6) is 2.93. The quantitative estimate of drug-likeness (QED) is 0.209. The van der Waals surface area contributed by atoms with Gasteiger partial charge in [0.1, 0.15) is 0 Å². The van der Waals surface area contributed by atoms with Crippen molar-refractivity contribution in [1.82, 2.24) is 0 Å². The van der Waals surface area contributed by atoms with E-state index in [4.69, 9.17) is 6.42 Å².